The van der Waals surface area contributed by atoms with Gasteiger partial charge in [0, 0.05) is 6.07 Å². The molecule has 0 fully saturated rings. The van der Waals surface area contributed by atoms with Crippen molar-refractivity contribution in [2.75, 3.05) is 0 Å². The number of aryl methyl sites for hydroxylation is 1. The molecule has 0 bridgehead atoms. The van der Waals surface area contributed by atoms with Crippen LogP contribution in [0.2, 0.25) is 5.15 Å². The topological polar surface area (TPSA) is 87.1 Å². The molecule has 0 saturated heterocycles. The number of pyridine rings is 1. The van der Waals surface area contributed by atoms with Gasteiger partial charge in [0.25, 0.3) is 5.89 Å². The van der Waals surface area contributed by atoms with Crippen molar-refractivity contribution in [2.24, 2.45) is 0 Å². The zero-order valence-electron chi connectivity index (χ0n) is 12.0. The van der Waals surface area contributed by atoms with E-state index in [1.807, 2.05) is 19.9 Å². The minimum atomic E-state index is -0.400. The van der Waals surface area contributed by atoms with Crippen molar-refractivity contribution in [3.63, 3.8) is 0 Å². The van der Waals surface area contributed by atoms with Gasteiger partial charge in [0.2, 0.25) is 0 Å². The van der Waals surface area contributed by atoms with Gasteiger partial charge in [-0.1, -0.05) is 21.9 Å². The Hall–Kier alpha value is -2.41. The van der Waals surface area contributed by atoms with Gasteiger partial charge in [-0.2, -0.15) is 4.98 Å². The molecule has 3 heterocycles. The summed E-state index contributed by atoms with van der Waals surface area (Å²) < 4.78 is 15.9. The average molecular weight is 321 g/mol. The second-order valence-electron chi connectivity index (χ2n) is 4.73. The van der Waals surface area contributed by atoms with Crippen molar-refractivity contribution in [3.05, 3.63) is 52.7 Å². The minimum Gasteiger partial charge on any atom is -0.479 e. The van der Waals surface area contributed by atoms with E-state index in [0.29, 0.717) is 29.0 Å². The summed E-state index contributed by atoms with van der Waals surface area (Å²) in [5.74, 6) is 2.22. The van der Waals surface area contributed by atoms with Gasteiger partial charge in [0.15, 0.2) is 11.9 Å². The fourth-order valence-corrected chi connectivity index (χ4v) is 1.97. The SMILES string of the molecule is Cc1cc(Cc2noc([C@H](C)Oc3ccc(Cl)nc3)n2)no1. The number of aromatic nitrogens is 4. The molecule has 0 unspecified atom stereocenters. The molecule has 8 heteroatoms. The lowest BCUT2D eigenvalue weighted by Crippen LogP contribution is -2.04. The fraction of sp³-hybridized carbons (Fsp3) is 0.286. The highest BCUT2D eigenvalue weighted by atomic mass is 35.5. The fourth-order valence-electron chi connectivity index (χ4n) is 1.85. The molecule has 0 aromatic carbocycles. The van der Waals surface area contributed by atoms with Crippen molar-refractivity contribution in [2.45, 2.75) is 26.4 Å². The van der Waals surface area contributed by atoms with E-state index in [2.05, 4.69) is 20.3 Å². The third-order valence-corrected chi connectivity index (χ3v) is 3.08. The Morgan fingerprint density at radius 1 is 1.27 bits per heavy atom. The van der Waals surface area contributed by atoms with Gasteiger partial charge in [-0.25, -0.2) is 4.98 Å². The predicted octanol–water partition coefficient (Wildman–Crippen LogP) is 3.15. The lowest BCUT2D eigenvalue weighted by atomic mass is 10.3. The molecule has 0 spiro atoms. The molecular weight excluding hydrogens is 308 g/mol. The molecule has 0 radical (unpaired) electrons. The van der Waals surface area contributed by atoms with E-state index >= 15 is 0 Å². The molecule has 0 aliphatic rings. The maximum atomic E-state index is 5.73. The van der Waals surface area contributed by atoms with Gasteiger partial charge in [0.1, 0.15) is 16.7 Å². The Morgan fingerprint density at radius 2 is 2.14 bits per heavy atom. The van der Waals surface area contributed by atoms with Gasteiger partial charge in [-0.3, -0.25) is 0 Å². The maximum absolute atomic E-state index is 5.73. The Kier molecular flexibility index (Phi) is 4.06. The number of ether oxygens (including phenoxy) is 1. The van der Waals surface area contributed by atoms with Crippen LogP contribution in [0.4, 0.5) is 0 Å². The number of nitrogens with zero attached hydrogens (tertiary/aromatic N) is 4. The molecule has 3 aromatic rings. The zero-order valence-corrected chi connectivity index (χ0v) is 12.7. The Labute approximate surface area is 131 Å². The van der Waals surface area contributed by atoms with Crippen LogP contribution in [0.15, 0.2) is 33.4 Å². The minimum absolute atomic E-state index is 0.380. The molecule has 3 aromatic heterocycles. The van der Waals surface area contributed by atoms with Gasteiger partial charge >= 0.3 is 0 Å². The predicted molar refractivity (Wildman–Crippen MR) is 76.6 cm³/mol. The van der Waals surface area contributed by atoms with Crippen molar-refractivity contribution in [1.29, 1.82) is 0 Å². The first kappa shape index (κ1) is 14.5. The van der Waals surface area contributed by atoms with E-state index in [1.165, 1.54) is 6.20 Å². The standard InChI is InChI=1S/C14H13ClN4O3/c1-8-5-10(18-21-8)6-13-17-14(22-19-13)9(2)20-11-3-4-12(15)16-7-11/h3-5,7,9H,6H2,1-2H3/t9-/m0/s1. The molecule has 0 N–H and O–H groups in total. The van der Waals surface area contributed by atoms with Gasteiger partial charge < -0.3 is 13.8 Å². The van der Waals surface area contributed by atoms with E-state index in [9.17, 15) is 0 Å². The Balaban J connectivity index is 1.66. The summed E-state index contributed by atoms with van der Waals surface area (Å²) in [5.41, 5.74) is 0.750. The normalized spacial score (nSPS) is 12.3. The highest BCUT2D eigenvalue weighted by molar-refractivity contribution is 6.29. The van der Waals surface area contributed by atoms with E-state index in [0.717, 1.165) is 11.5 Å². The van der Waals surface area contributed by atoms with E-state index < -0.39 is 6.10 Å². The number of hydrogen-bond acceptors (Lipinski definition) is 7. The molecule has 22 heavy (non-hydrogen) atoms. The van der Waals surface area contributed by atoms with E-state index in [-0.39, 0.29) is 0 Å². The Bertz CT molecular complexity index is 754. The third-order valence-electron chi connectivity index (χ3n) is 2.86. The summed E-state index contributed by atoms with van der Waals surface area (Å²) in [7, 11) is 0. The molecule has 1 atom stereocenters. The molecule has 7 nitrogen and oxygen atoms in total. The van der Waals surface area contributed by atoms with Gasteiger partial charge in [-0.15, -0.1) is 0 Å². The molecule has 0 aliphatic carbocycles. The molecule has 114 valence electrons. The first-order valence-corrected chi connectivity index (χ1v) is 7.01. The number of halogens is 1. The first-order valence-electron chi connectivity index (χ1n) is 6.63. The summed E-state index contributed by atoms with van der Waals surface area (Å²) in [4.78, 5) is 8.24. The first-order chi connectivity index (χ1) is 10.6. The van der Waals surface area contributed by atoms with Gasteiger partial charge in [0.05, 0.1) is 18.3 Å². The summed E-state index contributed by atoms with van der Waals surface area (Å²) in [6.07, 6.45) is 1.58. The van der Waals surface area contributed by atoms with Crippen LogP contribution >= 0.6 is 11.6 Å². The monoisotopic (exact) mass is 320 g/mol. The van der Waals surface area contributed by atoms with Gasteiger partial charge in [-0.05, 0) is 26.0 Å². The summed E-state index contributed by atoms with van der Waals surface area (Å²) in [6, 6.07) is 5.20. The second-order valence-corrected chi connectivity index (χ2v) is 5.12. The lowest BCUT2D eigenvalue weighted by Gasteiger charge is -2.09. The van der Waals surface area contributed by atoms with Crippen LogP contribution < -0.4 is 4.74 Å². The smallest absolute Gasteiger partial charge is 0.267 e. The van der Waals surface area contributed by atoms with Crippen molar-refractivity contribution >= 4 is 11.6 Å². The highest BCUT2D eigenvalue weighted by Crippen LogP contribution is 2.21. The molecule has 0 aliphatic heterocycles. The van der Waals surface area contributed by atoms with Crippen molar-refractivity contribution < 1.29 is 13.8 Å². The van der Waals surface area contributed by atoms with Crippen LogP contribution in [0.5, 0.6) is 5.75 Å². The molecular formula is C14H13ClN4O3. The van der Waals surface area contributed by atoms with Crippen LogP contribution in [0.25, 0.3) is 0 Å². The van der Waals surface area contributed by atoms with Crippen LogP contribution in [0.1, 0.15) is 36.2 Å². The second kappa shape index (κ2) is 6.15. The summed E-state index contributed by atoms with van der Waals surface area (Å²) in [5, 5.41) is 8.21. The number of hydrogen-bond donors (Lipinski definition) is 0. The largest absolute Gasteiger partial charge is 0.479 e. The highest BCUT2D eigenvalue weighted by Gasteiger charge is 2.17. The summed E-state index contributed by atoms with van der Waals surface area (Å²) in [6.45, 7) is 3.64. The van der Waals surface area contributed by atoms with E-state index in [4.69, 9.17) is 25.4 Å². The quantitative estimate of drug-likeness (QED) is 0.667. The lowest BCUT2D eigenvalue weighted by molar-refractivity contribution is 0.175. The molecule has 0 amide bonds. The zero-order chi connectivity index (χ0) is 15.5. The van der Waals surface area contributed by atoms with Crippen LogP contribution in [0.3, 0.4) is 0 Å². The molecule has 0 saturated carbocycles. The average Bonchev–Trinajstić information content (AvgIpc) is 3.11. The number of rotatable bonds is 5. The maximum Gasteiger partial charge on any atom is 0.267 e. The third kappa shape index (κ3) is 3.43. The van der Waals surface area contributed by atoms with E-state index in [1.54, 1.807) is 12.1 Å². The van der Waals surface area contributed by atoms with Crippen LogP contribution in [-0.2, 0) is 6.42 Å². The molecule has 3 rings (SSSR count). The van der Waals surface area contributed by atoms with Crippen LogP contribution in [0, 0.1) is 6.92 Å². The Morgan fingerprint density at radius 3 is 2.82 bits per heavy atom. The van der Waals surface area contributed by atoms with Crippen molar-refractivity contribution in [3.8, 4) is 5.75 Å². The van der Waals surface area contributed by atoms with Crippen molar-refractivity contribution in [1.82, 2.24) is 20.3 Å². The van der Waals surface area contributed by atoms with Crippen LogP contribution in [-0.4, -0.2) is 20.3 Å². The summed E-state index contributed by atoms with van der Waals surface area (Å²) >= 11 is 5.73.